The van der Waals surface area contributed by atoms with Crippen LogP contribution in [0.4, 0.5) is 0 Å². The van der Waals surface area contributed by atoms with Crippen LogP contribution in [0.15, 0.2) is 23.1 Å². The molecular weight excluding hydrogens is 268 g/mol. The first-order valence-electron chi connectivity index (χ1n) is 5.73. The van der Waals surface area contributed by atoms with Crippen molar-refractivity contribution in [1.29, 1.82) is 0 Å². The van der Waals surface area contributed by atoms with Crippen molar-refractivity contribution in [3.63, 3.8) is 0 Å². The molecule has 3 N–H and O–H groups in total. The predicted molar refractivity (Wildman–Crippen MR) is 67.4 cm³/mol. The van der Waals surface area contributed by atoms with Gasteiger partial charge in [0.15, 0.2) is 0 Å². The third-order valence-corrected chi connectivity index (χ3v) is 2.62. The van der Waals surface area contributed by atoms with Gasteiger partial charge in [-0.2, -0.15) is 0 Å². The zero-order valence-electron chi connectivity index (χ0n) is 10.7. The quantitative estimate of drug-likeness (QED) is 0.641. The van der Waals surface area contributed by atoms with Crippen molar-refractivity contribution < 1.29 is 24.6 Å². The molecule has 1 unspecified atom stereocenters. The van der Waals surface area contributed by atoms with Gasteiger partial charge in [0.1, 0.15) is 6.04 Å². The lowest BCUT2D eigenvalue weighted by molar-refractivity contribution is -0.140. The first kappa shape index (κ1) is 15.4. The topological polar surface area (TPSA) is 126 Å². The molecular formula is C12H14N2O6. The molecule has 1 aromatic rings. The van der Waals surface area contributed by atoms with E-state index in [1.165, 1.54) is 23.9 Å². The highest BCUT2D eigenvalue weighted by Gasteiger charge is 2.21. The third-order valence-electron chi connectivity index (χ3n) is 2.62. The van der Waals surface area contributed by atoms with Gasteiger partial charge in [0.05, 0.1) is 0 Å². The molecule has 0 aliphatic carbocycles. The minimum Gasteiger partial charge on any atom is -0.481 e. The van der Waals surface area contributed by atoms with Crippen molar-refractivity contribution in [3.8, 4) is 0 Å². The fourth-order valence-electron chi connectivity index (χ4n) is 1.46. The number of carboxylic acid groups (broad SMARTS) is 2. The molecule has 0 aliphatic rings. The molecule has 0 fully saturated rings. The molecule has 0 saturated carbocycles. The van der Waals surface area contributed by atoms with Gasteiger partial charge in [-0.1, -0.05) is 0 Å². The van der Waals surface area contributed by atoms with E-state index in [1.807, 2.05) is 0 Å². The van der Waals surface area contributed by atoms with E-state index in [-0.39, 0.29) is 18.4 Å². The maximum atomic E-state index is 11.8. The first-order valence-corrected chi connectivity index (χ1v) is 5.73. The van der Waals surface area contributed by atoms with E-state index in [0.29, 0.717) is 0 Å². The highest BCUT2D eigenvalue weighted by Crippen LogP contribution is 2.01. The summed E-state index contributed by atoms with van der Waals surface area (Å²) in [6.07, 6.45) is 0.763. The van der Waals surface area contributed by atoms with Gasteiger partial charge in [-0.3, -0.25) is 14.4 Å². The van der Waals surface area contributed by atoms with E-state index in [9.17, 15) is 19.2 Å². The van der Waals surface area contributed by atoms with Crippen LogP contribution in [0.3, 0.4) is 0 Å². The molecule has 0 spiro atoms. The van der Waals surface area contributed by atoms with Crippen LogP contribution < -0.4 is 10.9 Å². The largest absolute Gasteiger partial charge is 0.481 e. The molecule has 20 heavy (non-hydrogen) atoms. The van der Waals surface area contributed by atoms with Crippen LogP contribution in [0.2, 0.25) is 0 Å². The molecule has 0 aromatic carbocycles. The average molecular weight is 282 g/mol. The van der Waals surface area contributed by atoms with Gasteiger partial charge in [0, 0.05) is 31.3 Å². The Labute approximate surface area is 113 Å². The highest BCUT2D eigenvalue weighted by molar-refractivity contribution is 5.96. The minimum atomic E-state index is -1.33. The standard InChI is InChI=1S/C12H14N2O6/c1-14-5-4-7(6-9(14)15)11(18)13-8(12(19)20)2-3-10(16)17/h4-6,8H,2-3H2,1H3,(H,13,18)(H,16,17)(H,19,20). The van der Waals surface area contributed by atoms with Crippen molar-refractivity contribution in [2.24, 2.45) is 7.05 Å². The average Bonchev–Trinajstić information content (AvgIpc) is 2.36. The van der Waals surface area contributed by atoms with Crippen LogP contribution in [0.1, 0.15) is 23.2 Å². The van der Waals surface area contributed by atoms with Crippen LogP contribution in [-0.2, 0) is 16.6 Å². The number of aryl methyl sites for hydroxylation is 1. The molecule has 1 rings (SSSR count). The summed E-state index contributed by atoms with van der Waals surface area (Å²) in [6, 6.07) is 1.13. The van der Waals surface area contributed by atoms with Gasteiger partial charge in [-0.05, 0) is 12.5 Å². The van der Waals surface area contributed by atoms with Crippen LogP contribution in [0, 0.1) is 0 Å². The van der Waals surface area contributed by atoms with E-state index < -0.39 is 29.4 Å². The van der Waals surface area contributed by atoms with Crippen molar-refractivity contribution in [2.75, 3.05) is 0 Å². The number of hydrogen-bond donors (Lipinski definition) is 3. The van der Waals surface area contributed by atoms with Crippen molar-refractivity contribution >= 4 is 17.8 Å². The number of aliphatic carboxylic acids is 2. The second-order valence-electron chi connectivity index (χ2n) is 4.16. The Bertz CT molecular complexity index is 592. The smallest absolute Gasteiger partial charge is 0.326 e. The van der Waals surface area contributed by atoms with Gasteiger partial charge in [-0.25, -0.2) is 4.79 Å². The lowest BCUT2D eigenvalue weighted by Crippen LogP contribution is -2.41. The Morgan fingerprint density at radius 1 is 1.35 bits per heavy atom. The second kappa shape index (κ2) is 6.50. The monoisotopic (exact) mass is 282 g/mol. The fourth-order valence-corrected chi connectivity index (χ4v) is 1.46. The lowest BCUT2D eigenvalue weighted by atomic mass is 10.1. The summed E-state index contributed by atoms with van der Waals surface area (Å²) in [4.78, 5) is 44.5. The van der Waals surface area contributed by atoms with Crippen LogP contribution in [-0.4, -0.2) is 38.7 Å². The number of pyridine rings is 1. The summed E-state index contributed by atoms with van der Waals surface area (Å²) < 4.78 is 1.26. The number of aromatic nitrogens is 1. The zero-order chi connectivity index (χ0) is 15.3. The van der Waals surface area contributed by atoms with E-state index >= 15 is 0 Å². The molecule has 8 nitrogen and oxygen atoms in total. The summed E-state index contributed by atoms with van der Waals surface area (Å²) in [5, 5.41) is 19.6. The molecule has 0 bridgehead atoms. The van der Waals surface area contributed by atoms with Gasteiger partial charge < -0.3 is 20.1 Å². The molecule has 1 amide bonds. The normalized spacial score (nSPS) is 11.7. The number of hydrogen-bond acceptors (Lipinski definition) is 4. The summed E-state index contributed by atoms with van der Waals surface area (Å²) in [5.74, 6) is -3.22. The molecule has 108 valence electrons. The second-order valence-corrected chi connectivity index (χ2v) is 4.16. The van der Waals surface area contributed by atoms with Gasteiger partial charge in [-0.15, -0.1) is 0 Å². The Balaban J connectivity index is 2.79. The highest BCUT2D eigenvalue weighted by atomic mass is 16.4. The van der Waals surface area contributed by atoms with Crippen molar-refractivity contribution in [2.45, 2.75) is 18.9 Å². The van der Waals surface area contributed by atoms with Crippen molar-refractivity contribution in [1.82, 2.24) is 9.88 Å². The molecule has 0 aliphatic heterocycles. The van der Waals surface area contributed by atoms with Crippen molar-refractivity contribution in [3.05, 3.63) is 34.2 Å². The Morgan fingerprint density at radius 2 is 2.00 bits per heavy atom. The molecule has 1 aromatic heterocycles. The lowest BCUT2D eigenvalue weighted by Gasteiger charge is -2.13. The number of carboxylic acids is 2. The zero-order valence-corrected chi connectivity index (χ0v) is 10.7. The maximum Gasteiger partial charge on any atom is 0.326 e. The Kier molecular flexibility index (Phi) is 5.01. The third kappa shape index (κ3) is 4.23. The molecule has 8 heteroatoms. The molecule has 0 saturated heterocycles. The number of rotatable bonds is 6. The minimum absolute atomic E-state index is 0.0228. The summed E-state index contributed by atoms with van der Waals surface area (Å²) in [6.45, 7) is 0. The number of nitrogens with zero attached hydrogens (tertiary/aromatic N) is 1. The summed E-state index contributed by atoms with van der Waals surface area (Å²) in [7, 11) is 1.51. The van der Waals surface area contributed by atoms with E-state index in [4.69, 9.17) is 10.2 Å². The van der Waals surface area contributed by atoms with E-state index in [0.717, 1.165) is 6.07 Å². The van der Waals surface area contributed by atoms with E-state index in [1.54, 1.807) is 0 Å². The SMILES string of the molecule is Cn1ccc(C(=O)NC(CCC(=O)O)C(=O)O)cc1=O. The molecule has 1 atom stereocenters. The summed E-state index contributed by atoms with van der Waals surface area (Å²) >= 11 is 0. The van der Waals surface area contributed by atoms with Crippen LogP contribution in [0.25, 0.3) is 0 Å². The van der Waals surface area contributed by atoms with Gasteiger partial charge in [0.25, 0.3) is 11.5 Å². The summed E-state index contributed by atoms with van der Waals surface area (Å²) in [5.41, 5.74) is -0.385. The van der Waals surface area contributed by atoms with Crippen LogP contribution >= 0.6 is 0 Å². The Hall–Kier alpha value is -2.64. The predicted octanol–water partition coefficient (Wildman–Crippen LogP) is -0.567. The van der Waals surface area contributed by atoms with Crippen LogP contribution in [0.5, 0.6) is 0 Å². The Morgan fingerprint density at radius 3 is 2.50 bits per heavy atom. The fraction of sp³-hybridized carbons (Fsp3) is 0.333. The number of amides is 1. The van der Waals surface area contributed by atoms with Gasteiger partial charge in [0.2, 0.25) is 0 Å². The molecule has 1 heterocycles. The maximum absolute atomic E-state index is 11.8. The van der Waals surface area contributed by atoms with Gasteiger partial charge >= 0.3 is 11.9 Å². The molecule has 0 radical (unpaired) electrons. The number of nitrogens with one attached hydrogen (secondary N) is 1. The van der Waals surface area contributed by atoms with E-state index in [2.05, 4.69) is 5.32 Å². The number of carbonyl (C=O) groups is 3. The first-order chi connectivity index (χ1) is 9.31. The number of carbonyl (C=O) groups excluding carboxylic acids is 1.